The zero-order valence-corrected chi connectivity index (χ0v) is 13.5. The summed E-state index contributed by atoms with van der Waals surface area (Å²) < 4.78 is 24.2. The number of aromatic amines is 1. The summed E-state index contributed by atoms with van der Waals surface area (Å²) in [6.07, 6.45) is 3.85. The molecule has 1 aliphatic heterocycles. The Morgan fingerprint density at radius 3 is 2.70 bits per heavy atom. The molecule has 0 radical (unpaired) electrons. The summed E-state index contributed by atoms with van der Waals surface area (Å²) in [5.41, 5.74) is 1.11. The highest BCUT2D eigenvalue weighted by molar-refractivity contribution is 7.89. The van der Waals surface area contributed by atoms with Gasteiger partial charge in [0.05, 0.1) is 4.90 Å². The van der Waals surface area contributed by atoms with Gasteiger partial charge in [0, 0.05) is 5.56 Å². The number of tetrazole rings is 1. The van der Waals surface area contributed by atoms with E-state index in [4.69, 9.17) is 5.14 Å². The smallest absolute Gasteiger partial charge is 0.239 e. The minimum atomic E-state index is -3.88. The van der Waals surface area contributed by atoms with Crippen LogP contribution in [0.25, 0.3) is 11.4 Å². The van der Waals surface area contributed by atoms with E-state index < -0.39 is 10.0 Å². The van der Waals surface area contributed by atoms with Crippen molar-refractivity contribution < 1.29 is 8.42 Å². The summed E-state index contributed by atoms with van der Waals surface area (Å²) in [4.78, 5) is 0.107. The van der Waals surface area contributed by atoms with E-state index in [1.807, 2.05) is 6.07 Å². The lowest BCUT2D eigenvalue weighted by Crippen LogP contribution is -2.28. The van der Waals surface area contributed by atoms with Crippen LogP contribution in [-0.4, -0.2) is 42.1 Å². The number of H-pyrrole nitrogens is 1. The molecule has 3 rings (SSSR count). The van der Waals surface area contributed by atoms with Crippen LogP contribution in [0.4, 0.5) is 0 Å². The van der Waals surface area contributed by atoms with Crippen molar-refractivity contribution >= 4 is 10.0 Å². The van der Waals surface area contributed by atoms with E-state index in [9.17, 15) is 8.42 Å². The fourth-order valence-corrected chi connectivity index (χ4v) is 4.10. The summed E-state index contributed by atoms with van der Waals surface area (Å²) in [5.74, 6) is 0.844. The van der Waals surface area contributed by atoms with Crippen molar-refractivity contribution in [3.8, 4) is 11.4 Å². The van der Waals surface area contributed by atoms with E-state index in [0.717, 1.165) is 32.4 Å². The Hall–Kier alpha value is -1.84. The third-order valence-corrected chi connectivity index (χ3v) is 5.30. The van der Waals surface area contributed by atoms with Crippen LogP contribution in [0.15, 0.2) is 23.1 Å². The lowest BCUT2D eigenvalue weighted by molar-refractivity contribution is 0.354. The SMILES string of the molecule is NS(=O)(=O)c1c(CCC2CCNCC2)cccc1-c1nn[nH]n1. The number of nitrogens with two attached hydrogens (primary N) is 1. The normalized spacial score (nSPS) is 16.6. The third kappa shape index (κ3) is 3.74. The molecule has 1 aromatic heterocycles. The molecule has 0 aliphatic carbocycles. The summed E-state index contributed by atoms with van der Waals surface area (Å²) in [6.45, 7) is 2.05. The molecular weight excluding hydrogens is 316 g/mol. The summed E-state index contributed by atoms with van der Waals surface area (Å²) in [6, 6.07) is 5.27. The van der Waals surface area contributed by atoms with Crippen molar-refractivity contribution in [2.45, 2.75) is 30.6 Å². The van der Waals surface area contributed by atoms with Crippen LogP contribution in [0.5, 0.6) is 0 Å². The molecule has 0 amide bonds. The molecule has 0 unspecified atom stereocenters. The molecule has 2 heterocycles. The van der Waals surface area contributed by atoms with Gasteiger partial charge < -0.3 is 5.32 Å². The van der Waals surface area contributed by atoms with Gasteiger partial charge in [-0.1, -0.05) is 12.1 Å². The van der Waals surface area contributed by atoms with Gasteiger partial charge in [0.1, 0.15) is 0 Å². The van der Waals surface area contributed by atoms with Gasteiger partial charge in [-0.25, -0.2) is 13.6 Å². The quantitative estimate of drug-likeness (QED) is 0.727. The zero-order valence-electron chi connectivity index (χ0n) is 12.7. The molecule has 4 N–H and O–H groups in total. The van der Waals surface area contributed by atoms with Gasteiger partial charge in [0.2, 0.25) is 15.8 Å². The van der Waals surface area contributed by atoms with Crippen molar-refractivity contribution in [1.29, 1.82) is 0 Å². The van der Waals surface area contributed by atoms with E-state index in [1.54, 1.807) is 12.1 Å². The summed E-state index contributed by atoms with van der Waals surface area (Å²) in [7, 11) is -3.88. The van der Waals surface area contributed by atoms with E-state index >= 15 is 0 Å². The summed E-state index contributed by atoms with van der Waals surface area (Å²) in [5, 5.41) is 22.4. The van der Waals surface area contributed by atoms with Crippen LogP contribution in [0, 0.1) is 5.92 Å². The molecule has 8 nitrogen and oxygen atoms in total. The maximum atomic E-state index is 12.1. The van der Waals surface area contributed by atoms with Crippen LogP contribution in [0.2, 0.25) is 0 Å². The van der Waals surface area contributed by atoms with Crippen molar-refractivity contribution in [2.24, 2.45) is 11.1 Å². The number of nitrogens with one attached hydrogen (secondary N) is 2. The lowest BCUT2D eigenvalue weighted by Gasteiger charge is -2.23. The first-order chi connectivity index (χ1) is 11.1. The van der Waals surface area contributed by atoms with E-state index in [2.05, 4.69) is 25.9 Å². The molecule has 1 aliphatic rings. The minimum absolute atomic E-state index is 0.107. The Morgan fingerprint density at radius 2 is 2.04 bits per heavy atom. The first-order valence-corrected chi connectivity index (χ1v) is 9.19. The number of sulfonamides is 1. The van der Waals surface area contributed by atoms with E-state index in [1.165, 1.54) is 0 Å². The number of benzene rings is 1. The van der Waals surface area contributed by atoms with Crippen molar-refractivity contribution in [3.63, 3.8) is 0 Å². The summed E-state index contributed by atoms with van der Waals surface area (Å²) >= 11 is 0. The average molecular weight is 336 g/mol. The number of hydrogen-bond acceptors (Lipinski definition) is 6. The zero-order chi connectivity index (χ0) is 16.3. The number of aromatic nitrogens is 4. The highest BCUT2D eigenvalue weighted by Crippen LogP contribution is 2.29. The molecule has 2 aromatic rings. The molecule has 1 fully saturated rings. The standard InChI is InChI=1S/C14H20N6O2S/c15-23(21,22)13-11(5-4-10-6-8-16-9-7-10)2-1-3-12(13)14-17-19-20-18-14/h1-3,10,16H,4-9H2,(H2,15,21,22)(H,17,18,19,20). The topological polar surface area (TPSA) is 127 Å². The maximum Gasteiger partial charge on any atom is 0.239 e. The second kappa shape index (κ2) is 6.73. The number of rotatable bonds is 5. The highest BCUT2D eigenvalue weighted by Gasteiger charge is 2.23. The Kier molecular flexibility index (Phi) is 4.69. The minimum Gasteiger partial charge on any atom is -0.317 e. The molecular formula is C14H20N6O2S. The van der Waals surface area contributed by atoms with Gasteiger partial charge in [-0.15, -0.1) is 10.2 Å². The van der Waals surface area contributed by atoms with Crippen molar-refractivity contribution in [3.05, 3.63) is 23.8 Å². The van der Waals surface area contributed by atoms with Gasteiger partial charge in [-0.3, -0.25) is 0 Å². The molecule has 0 spiro atoms. The molecule has 9 heteroatoms. The van der Waals surface area contributed by atoms with Crippen LogP contribution < -0.4 is 10.5 Å². The molecule has 0 bridgehead atoms. The van der Waals surface area contributed by atoms with Gasteiger partial charge in [0.15, 0.2) is 0 Å². The Labute approximate surface area is 134 Å². The number of hydrogen-bond donors (Lipinski definition) is 3. The Balaban J connectivity index is 1.91. The first-order valence-electron chi connectivity index (χ1n) is 7.65. The third-order valence-electron chi connectivity index (χ3n) is 4.25. The molecule has 23 heavy (non-hydrogen) atoms. The highest BCUT2D eigenvalue weighted by atomic mass is 32.2. The molecule has 0 atom stereocenters. The van der Waals surface area contributed by atoms with Crippen LogP contribution >= 0.6 is 0 Å². The number of piperidine rings is 1. The second-order valence-electron chi connectivity index (χ2n) is 5.81. The lowest BCUT2D eigenvalue weighted by atomic mass is 9.91. The Bertz CT molecular complexity index is 754. The number of primary sulfonamides is 1. The Morgan fingerprint density at radius 1 is 1.26 bits per heavy atom. The predicted octanol–water partition coefficient (Wildman–Crippen LogP) is 0.446. The van der Waals surface area contributed by atoms with Gasteiger partial charge >= 0.3 is 0 Å². The maximum absolute atomic E-state index is 12.1. The van der Waals surface area contributed by atoms with Gasteiger partial charge in [-0.2, -0.15) is 5.21 Å². The molecule has 124 valence electrons. The van der Waals surface area contributed by atoms with Crippen LogP contribution in [0.1, 0.15) is 24.8 Å². The molecule has 1 aromatic carbocycles. The largest absolute Gasteiger partial charge is 0.317 e. The molecule has 0 saturated carbocycles. The van der Waals surface area contributed by atoms with Crippen LogP contribution in [-0.2, 0) is 16.4 Å². The second-order valence-corrected chi connectivity index (χ2v) is 7.30. The fraction of sp³-hybridized carbons (Fsp3) is 0.500. The van der Waals surface area contributed by atoms with Crippen LogP contribution in [0.3, 0.4) is 0 Å². The van der Waals surface area contributed by atoms with Crippen molar-refractivity contribution in [2.75, 3.05) is 13.1 Å². The van der Waals surface area contributed by atoms with Gasteiger partial charge in [0.25, 0.3) is 0 Å². The monoisotopic (exact) mass is 336 g/mol. The average Bonchev–Trinajstić information content (AvgIpc) is 3.07. The van der Waals surface area contributed by atoms with E-state index in [-0.39, 0.29) is 10.7 Å². The fourth-order valence-electron chi connectivity index (χ4n) is 3.10. The number of aryl methyl sites for hydroxylation is 1. The van der Waals surface area contributed by atoms with E-state index in [0.29, 0.717) is 23.5 Å². The number of nitrogens with zero attached hydrogens (tertiary/aromatic N) is 3. The van der Waals surface area contributed by atoms with Gasteiger partial charge in [-0.05, 0) is 61.5 Å². The first kappa shape index (κ1) is 16.0. The van der Waals surface area contributed by atoms with Crippen molar-refractivity contribution in [1.82, 2.24) is 25.9 Å². The molecule has 1 saturated heterocycles. The predicted molar refractivity (Wildman–Crippen MR) is 84.9 cm³/mol.